The highest BCUT2D eigenvalue weighted by atomic mass is 32.2. The van der Waals surface area contributed by atoms with Gasteiger partial charge in [0.05, 0.1) is 6.61 Å². The highest BCUT2D eigenvalue weighted by molar-refractivity contribution is 7.98. The first-order chi connectivity index (χ1) is 11.7. The van der Waals surface area contributed by atoms with Crippen LogP contribution in [0.25, 0.3) is 5.65 Å². The van der Waals surface area contributed by atoms with Crippen LogP contribution in [-0.2, 0) is 11.2 Å². The van der Waals surface area contributed by atoms with Gasteiger partial charge in [-0.05, 0) is 18.7 Å². The van der Waals surface area contributed by atoms with Crippen LogP contribution in [0.3, 0.4) is 0 Å². The van der Waals surface area contributed by atoms with Crippen LogP contribution in [0, 0.1) is 0 Å². The van der Waals surface area contributed by atoms with Gasteiger partial charge in [0.2, 0.25) is 5.95 Å². The third kappa shape index (κ3) is 2.92. The Hall–Kier alpha value is -2.61. The summed E-state index contributed by atoms with van der Waals surface area (Å²) in [4.78, 5) is 16.6. The minimum atomic E-state index is -0.474. The van der Waals surface area contributed by atoms with Crippen molar-refractivity contribution >= 4 is 29.3 Å². The summed E-state index contributed by atoms with van der Waals surface area (Å²) in [5.74, 6) is 0.399. The molecule has 8 heteroatoms. The Balaban J connectivity index is 2.15. The summed E-state index contributed by atoms with van der Waals surface area (Å²) in [7, 11) is 0. The van der Waals surface area contributed by atoms with Crippen molar-refractivity contribution in [2.75, 3.05) is 18.6 Å². The molecule has 0 amide bonds. The zero-order valence-corrected chi connectivity index (χ0v) is 14.2. The molecular formula is C16H17N5O2S. The van der Waals surface area contributed by atoms with Gasteiger partial charge in [-0.1, -0.05) is 30.3 Å². The molecule has 3 rings (SSSR count). The second kappa shape index (κ2) is 6.88. The van der Waals surface area contributed by atoms with Crippen molar-refractivity contribution in [3.05, 3.63) is 47.3 Å². The number of fused-ring (bicyclic) bond motifs is 1. The Morgan fingerprint density at radius 1 is 1.29 bits per heavy atom. The van der Waals surface area contributed by atoms with Crippen molar-refractivity contribution in [3.63, 3.8) is 0 Å². The number of nitrogens with zero attached hydrogens (tertiary/aromatic N) is 4. The molecule has 0 aliphatic heterocycles. The standard InChI is InChI=1S/C16H17N5O2S/c1-3-23-15(22)12-13-20-19-11(9-10-7-5-4-6-8-10)21(13)16(17)18-14(12)24-2/h4-8H,3,9H2,1-2H3,(H2,17,18). The number of aromatic nitrogens is 4. The van der Waals surface area contributed by atoms with E-state index in [0.717, 1.165) is 5.56 Å². The quantitative estimate of drug-likeness (QED) is 0.431. The molecule has 24 heavy (non-hydrogen) atoms. The average molecular weight is 343 g/mol. The summed E-state index contributed by atoms with van der Waals surface area (Å²) in [5, 5.41) is 8.86. The maximum Gasteiger partial charge on any atom is 0.344 e. The fourth-order valence-corrected chi connectivity index (χ4v) is 3.01. The second-order valence-electron chi connectivity index (χ2n) is 5.01. The second-order valence-corrected chi connectivity index (χ2v) is 5.81. The molecule has 0 saturated carbocycles. The van der Waals surface area contributed by atoms with E-state index in [0.29, 0.717) is 28.5 Å². The average Bonchev–Trinajstić information content (AvgIpc) is 2.99. The van der Waals surface area contributed by atoms with E-state index in [1.54, 1.807) is 11.3 Å². The van der Waals surface area contributed by atoms with E-state index in [1.165, 1.54) is 11.8 Å². The van der Waals surface area contributed by atoms with Crippen LogP contribution in [0.2, 0.25) is 0 Å². The maximum atomic E-state index is 12.3. The number of ether oxygens (including phenoxy) is 1. The molecule has 0 atom stereocenters. The van der Waals surface area contributed by atoms with Gasteiger partial charge in [-0.3, -0.25) is 0 Å². The molecule has 0 aliphatic carbocycles. The Bertz CT molecular complexity index is 879. The number of hydrogen-bond donors (Lipinski definition) is 1. The van der Waals surface area contributed by atoms with E-state index >= 15 is 0 Å². The molecular weight excluding hydrogens is 326 g/mol. The molecule has 0 unspecified atom stereocenters. The van der Waals surface area contributed by atoms with Crippen molar-refractivity contribution in [3.8, 4) is 0 Å². The van der Waals surface area contributed by atoms with Crippen LogP contribution >= 0.6 is 11.8 Å². The number of anilines is 1. The number of benzene rings is 1. The number of esters is 1. The largest absolute Gasteiger partial charge is 0.462 e. The Morgan fingerprint density at radius 3 is 2.71 bits per heavy atom. The molecule has 1 aromatic carbocycles. The van der Waals surface area contributed by atoms with Gasteiger partial charge in [-0.25, -0.2) is 14.2 Å². The SMILES string of the molecule is CCOC(=O)c1c(SC)nc(N)n2c(Cc3ccccc3)nnc12. The minimum absolute atomic E-state index is 0.248. The van der Waals surface area contributed by atoms with Gasteiger partial charge in [-0.15, -0.1) is 22.0 Å². The fraction of sp³-hybridized carbons (Fsp3) is 0.250. The Morgan fingerprint density at radius 2 is 2.04 bits per heavy atom. The lowest BCUT2D eigenvalue weighted by Gasteiger charge is -2.10. The van der Waals surface area contributed by atoms with Crippen molar-refractivity contribution in [1.29, 1.82) is 0 Å². The predicted molar refractivity (Wildman–Crippen MR) is 92.2 cm³/mol. The highest BCUT2D eigenvalue weighted by Crippen LogP contribution is 2.25. The summed E-state index contributed by atoms with van der Waals surface area (Å²) in [6.45, 7) is 2.03. The van der Waals surface area contributed by atoms with Gasteiger partial charge in [0.15, 0.2) is 5.65 Å². The first kappa shape index (κ1) is 16.3. The van der Waals surface area contributed by atoms with Crippen molar-refractivity contribution in [1.82, 2.24) is 19.6 Å². The van der Waals surface area contributed by atoms with E-state index in [2.05, 4.69) is 15.2 Å². The lowest BCUT2D eigenvalue weighted by molar-refractivity contribution is 0.0523. The molecule has 0 saturated heterocycles. The van der Waals surface area contributed by atoms with E-state index in [4.69, 9.17) is 10.5 Å². The molecule has 0 radical (unpaired) electrons. The van der Waals surface area contributed by atoms with Crippen molar-refractivity contribution < 1.29 is 9.53 Å². The molecule has 2 aromatic heterocycles. The lowest BCUT2D eigenvalue weighted by Crippen LogP contribution is -2.14. The van der Waals surface area contributed by atoms with E-state index in [9.17, 15) is 4.79 Å². The molecule has 0 aliphatic rings. The number of nitrogen functional groups attached to an aromatic ring is 1. The molecule has 2 heterocycles. The zero-order valence-electron chi connectivity index (χ0n) is 13.4. The third-order valence-electron chi connectivity index (χ3n) is 3.49. The Labute approximate surface area is 143 Å². The summed E-state index contributed by atoms with van der Waals surface area (Å²) >= 11 is 1.32. The Kier molecular flexibility index (Phi) is 4.66. The summed E-state index contributed by atoms with van der Waals surface area (Å²) in [6.07, 6.45) is 2.36. The molecule has 7 nitrogen and oxygen atoms in total. The first-order valence-electron chi connectivity index (χ1n) is 7.44. The maximum absolute atomic E-state index is 12.3. The van der Waals surface area contributed by atoms with Crippen LogP contribution in [-0.4, -0.2) is 38.4 Å². The molecule has 2 N–H and O–H groups in total. The smallest absolute Gasteiger partial charge is 0.344 e. The number of carbonyl (C=O) groups is 1. The molecule has 3 aromatic rings. The number of hydrogen-bond acceptors (Lipinski definition) is 7. The highest BCUT2D eigenvalue weighted by Gasteiger charge is 2.24. The predicted octanol–water partition coefficient (Wildman–Crippen LogP) is 2.20. The van der Waals surface area contributed by atoms with Gasteiger partial charge in [0.25, 0.3) is 0 Å². The van der Waals surface area contributed by atoms with Crippen molar-refractivity contribution in [2.45, 2.75) is 18.4 Å². The van der Waals surface area contributed by atoms with Gasteiger partial charge < -0.3 is 10.5 Å². The number of thioether (sulfide) groups is 1. The zero-order chi connectivity index (χ0) is 17.1. The van der Waals surface area contributed by atoms with E-state index in [-0.39, 0.29) is 12.6 Å². The topological polar surface area (TPSA) is 95.4 Å². The van der Waals surface area contributed by atoms with Gasteiger partial charge in [-0.2, -0.15) is 0 Å². The number of carbonyl (C=O) groups excluding carboxylic acids is 1. The van der Waals surface area contributed by atoms with Crippen LogP contribution in [0.15, 0.2) is 35.4 Å². The fourth-order valence-electron chi connectivity index (χ4n) is 2.45. The van der Waals surface area contributed by atoms with Gasteiger partial charge in [0.1, 0.15) is 16.4 Å². The lowest BCUT2D eigenvalue weighted by atomic mass is 10.1. The molecule has 0 spiro atoms. The minimum Gasteiger partial charge on any atom is -0.462 e. The number of rotatable bonds is 5. The van der Waals surface area contributed by atoms with Crippen LogP contribution in [0.4, 0.5) is 5.95 Å². The van der Waals surface area contributed by atoms with Crippen LogP contribution in [0.1, 0.15) is 28.7 Å². The van der Waals surface area contributed by atoms with E-state index < -0.39 is 5.97 Å². The summed E-state index contributed by atoms with van der Waals surface area (Å²) < 4.78 is 6.74. The van der Waals surface area contributed by atoms with Crippen LogP contribution < -0.4 is 5.73 Å². The third-order valence-corrected chi connectivity index (χ3v) is 4.17. The summed E-state index contributed by atoms with van der Waals surface area (Å²) in [6, 6.07) is 9.84. The normalized spacial score (nSPS) is 10.9. The first-order valence-corrected chi connectivity index (χ1v) is 8.66. The molecule has 124 valence electrons. The summed E-state index contributed by atoms with van der Waals surface area (Å²) in [5.41, 5.74) is 7.82. The van der Waals surface area contributed by atoms with Crippen molar-refractivity contribution in [2.24, 2.45) is 0 Å². The molecule has 0 bridgehead atoms. The van der Waals surface area contributed by atoms with Gasteiger partial charge in [0, 0.05) is 6.42 Å². The number of nitrogens with two attached hydrogens (primary N) is 1. The monoisotopic (exact) mass is 343 g/mol. The van der Waals surface area contributed by atoms with E-state index in [1.807, 2.05) is 36.6 Å². The van der Waals surface area contributed by atoms with Crippen LogP contribution in [0.5, 0.6) is 0 Å². The van der Waals surface area contributed by atoms with Gasteiger partial charge >= 0.3 is 5.97 Å². The molecule has 0 fully saturated rings.